The van der Waals surface area contributed by atoms with Crippen LogP contribution in [0.3, 0.4) is 0 Å². The minimum atomic E-state index is -1.45. The Morgan fingerprint density at radius 3 is 2.44 bits per heavy atom. The van der Waals surface area contributed by atoms with Gasteiger partial charge in [0.05, 0.1) is 0 Å². The number of hydrogen-bond acceptors (Lipinski definition) is 3. The number of anilines is 1. The first-order valence-electron chi connectivity index (χ1n) is 4.06. The molecule has 1 aromatic heterocycles. The zero-order chi connectivity index (χ0) is 11.9. The summed E-state index contributed by atoms with van der Waals surface area (Å²) in [7, 11) is 0. The summed E-state index contributed by atoms with van der Waals surface area (Å²) in [6.07, 6.45) is 0. The Morgan fingerprint density at radius 1 is 1.19 bits per heavy atom. The zero-order valence-electron chi connectivity index (χ0n) is 7.60. The van der Waals surface area contributed by atoms with Crippen LogP contribution in [0.2, 0.25) is 5.02 Å². The molecule has 84 valence electrons. The molecule has 0 fully saturated rings. The van der Waals surface area contributed by atoms with Gasteiger partial charge in [0.25, 0.3) is 0 Å². The van der Waals surface area contributed by atoms with Crippen LogP contribution in [0.25, 0.3) is 11.3 Å². The molecule has 0 saturated carbocycles. The van der Waals surface area contributed by atoms with Crippen molar-refractivity contribution < 1.29 is 17.7 Å². The molecular formula is C9H4ClF3N2O. The van der Waals surface area contributed by atoms with Crippen molar-refractivity contribution in [3.63, 3.8) is 0 Å². The quantitative estimate of drug-likeness (QED) is 0.623. The van der Waals surface area contributed by atoms with Crippen LogP contribution in [0.4, 0.5) is 19.1 Å². The highest BCUT2D eigenvalue weighted by Crippen LogP contribution is 2.31. The third-order valence-corrected chi connectivity index (χ3v) is 2.24. The Hall–Kier alpha value is -1.69. The van der Waals surface area contributed by atoms with E-state index in [1.807, 2.05) is 0 Å². The summed E-state index contributed by atoms with van der Waals surface area (Å²) in [4.78, 5) is 0. The van der Waals surface area contributed by atoms with Gasteiger partial charge in [-0.2, -0.15) is 0 Å². The first-order chi connectivity index (χ1) is 7.50. The molecule has 0 saturated heterocycles. The van der Waals surface area contributed by atoms with Crippen molar-refractivity contribution in [3.8, 4) is 11.3 Å². The third kappa shape index (κ3) is 1.61. The zero-order valence-corrected chi connectivity index (χ0v) is 8.36. The van der Waals surface area contributed by atoms with E-state index in [0.717, 1.165) is 0 Å². The van der Waals surface area contributed by atoms with E-state index in [-0.39, 0.29) is 17.1 Å². The molecule has 0 amide bonds. The summed E-state index contributed by atoms with van der Waals surface area (Å²) in [6, 6.07) is 1.81. The predicted molar refractivity (Wildman–Crippen MR) is 51.2 cm³/mol. The molecule has 0 radical (unpaired) electrons. The van der Waals surface area contributed by atoms with Gasteiger partial charge in [-0.3, -0.25) is 0 Å². The highest BCUT2D eigenvalue weighted by atomic mass is 35.5. The monoisotopic (exact) mass is 248 g/mol. The van der Waals surface area contributed by atoms with Gasteiger partial charge in [0.2, 0.25) is 5.88 Å². The van der Waals surface area contributed by atoms with Crippen molar-refractivity contribution in [1.82, 2.24) is 5.16 Å². The van der Waals surface area contributed by atoms with Crippen LogP contribution in [0, 0.1) is 17.5 Å². The molecule has 0 unspecified atom stereocenters. The van der Waals surface area contributed by atoms with E-state index in [9.17, 15) is 13.2 Å². The topological polar surface area (TPSA) is 52.0 Å². The minimum Gasteiger partial charge on any atom is -0.368 e. The van der Waals surface area contributed by atoms with Gasteiger partial charge in [-0.25, -0.2) is 13.2 Å². The van der Waals surface area contributed by atoms with Crippen LogP contribution in [-0.2, 0) is 0 Å². The number of nitrogens with zero attached hydrogens (tertiary/aromatic N) is 1. The van der Waals surface area contributed by atoms with Gasteiger partial charge in [-0.1, -0.05) is 16.8 Å². The second-order valence-electron chi connectivity index (χ2n) is 2.96. The molecule has 2 aromatic rings. The molecular weight excluding hydrogens is 245 g/mol. The van der Waals surface area contributed by atoms with E-state index in [0.29, 0.717) is 6.07 Å². The lowest BCUT2D eigenvalue weighted by atomic mass is 10.1. The van der Waals surface area contributed by atoms with Gasteiger partial charge in [0.15, 0.2) is 17.5 Å². The van der Waals surface area contributed by atoms with Crippen LogP contribution < -0.4 is 5.73 Å². The van der Waals surface area contributed by atoms with Gasteiger partial charge >= 0.3 is 0 Å². The highest BCUT2D eigenvalue weighted by molar-refractivity contribution is 6.31. The van der Waals surface area contributed by atoms with Gasteiger partial charge in [-0.05, 0) is 6.07 Å². The smallest absolute Gasteiger partial charge is 0.222 e. The lowest BCUT2D eigenvalue weighted by Gasteiger charge is -2.02. The number of nitrogen functional groups attached to an aromatic ring is 1. The second kappa shape index (κ2) is 3.71. The summed E-state index contributed by atoms with van der Waals surface area (Å²) >= 11 is 5.27. The maximum absolute atomic E-state index is 13.5. The fraction of sp³-hybridized carbons (Fsp3) is 0. The molecule has 1 aromatic carbocycles. The van der Waals surface area contributed by atoms with E-state index in [1.54, 1.807) is 0 Å². The lowest BCUT2D eigenvalue weighted by molar-refractivity contribution is 0.438. The Labute approximate surface area is 92.6 Å². The molecule has 3 nitrogen and oxygen atoms in total. The number of benzene rings is 1. The van der Waals surface area contributed by atoms with E-state index < -0.39 is 22.5 Å². The Balaban J connectivity index is 2.66. The van der Waals surface area contributed by atoms with Crippen molar-refractivity contribution >= 4 is 17.5 Å². The average molecular weight is 249 g/mol. The molecule has 2 rings (SSSR count). The van der Waals surface area contributed by atoms with Crippen molar-refractivity contribution in [2.24, 2.45) is 0 Å². The van der Waals surface area contributed by atoms with Crippen LogP contribution in [0.5, 0.6) is 0 Å². The average Bonchev–Trinajstić information content (AvgIpc) is 2.67. The van der Waals surface area contributed by atoms with Crippen LogP contribution in [0.15, 0.2) is 16.7 Å². The van der Waals surface area contributed by atoms with Crippen LogP contribution >= 0.6 is 11.6 Å². The molecule has 7 heteroatoms. The molecule has 0 aliphatic carbocycles. The molecule has 0 aliphatic rings. The van der Waals surface area contributed by atoms with Gasteiger partial charge in [-0.15, -0.1) is 0 Å². The number of halogens is 4. The lowest BCUT2D eigenvalue weighted by Crippen LogP contribution is -1.94. The number of aromatic nitrogens is 1. The SMILES string of the molecule is Nc1cc(-c2cc(F)c(F)c(Cl)c2F)no1. The van der Waals surface area contributed by atoms with Crippen LogP contribution in [0.1, 0.15) is 0 Å². The van der Waals surface area contributed by atoms with Crippen LogP contribution in [-0.4, -0.2) is 5.16 Å². The van der Waals surface area contributed by atoms with E-state index >= 15 is 0 Å². The van der Waals surface area contributed by atoms with Crippen molar-refractivity contribution in [2.45, 2.75) is 0 Å². The van der Waals surface area contributed by atoms with Gasteiger partial charge in [0, 0.05) is 11.6 Å². The fourth-order valence-electron chi connectivity index (χ4n) is 1.18. The summed E-state index contributed by atoms with van der Waals surface area (Å²) in [5, 5.41) is 2.44. The summed E-state index contributed by atoms with van der Waals surface area (Å²) in [6.45, 7) is 0. The molecule has 0 aliphatic heterocycles. The van der Waals surface area contributed by atoms with E-state index in [1.165, 1.54) is 6.07 Å². The fourth-order valence-corrected chi connectivity index (χ4v) is 1.37. The number of hydrogen-bond donors (Lipinski definition) is 1. The number of nitrogens with two attached hydrogens (primary N) is 1. The van der Waals surface area contributed by atoms with Crippen molar-refractivity contribution in [2.75, 3.05) is 5.73 Å². The summed E-state index contributed by atoms with van der Waals surface area (Å²) in [5.74, 6) is -3.91. The highest BCUT2D eigenvalue weighted by Gasteiger charge is 2.20. The largest absolute Gasteiger partial charge is 0.368 e. The molecule has 16 heavy (non-hydrogen) atoms. The van der Waals surface area contributed by atoms with Crippen molar-refractivity contribution in [3.05, 3.63) is 34.6 Å². The maximum Gasteiger partial charge on any atom is 0.222 e. The van der Waals surface area contributed by atoms with E-state index in [4.69, 9.17) is 17.3 Å². The first-order valence-corrected chi connectivity index (χ1v) is 4.44. The molecule has 0 atom stereocenters. The molecule has 0 bridgehead atoms. The minimum absolute atomic E-state index is 0.0594. The molecule has 2 N–H and O–H groups in total. The second-order valence-corrected chi connectivity index (χ2v) is 3.34. The third-order valence-electron chi connectivity index (χ3n) is 1.91. The summed E-state index contributed by atoms with van der Waals surface area (Å²) in [5.41, 5.74) is 4.84. The first kappa shape index (κ1) is 10.8. The Kier molecular flexibility index (Phi) is 2.51. The van der Waals surface area contributed by atoms with Gasteiger partial charge < -0.3 is 10.3 Å². The van der Waals surface area contributed by atoms with Crippen molar-refractivity contribution in [1.29, 1.82) is 0 Å². The molecule has 0 spiro atoms. The van der Waals surface area contributed by atoms with Gasteiger partial charge in [0.1, 0.15) is 10.7 Å². The molecule has 1 heterocycles. The Bertz CT molecular complexity index is 556. The summed E-state index contributed by atoms with van der Waals surface area (Å²) < 4.78 is 43.8. The standard InChI is InChI=1S/C9H4ClF3N2O/c10-7-8(12)3(1-4(11)9(7)13)5-2-6(14)16-15-5/h1-2H,14H2. The predicted octanol–water partition coefficient (Wildman–Crippen LogP) is 2.99. The van der Waals surface area contributed by atoms with E-state index in [2.05, 4.69) is 9.68 Å². The number of rotatable bonds is 1. The Morgan fingerprint density at radius 2 is 1.88 bits per heavy atom. The normalized spacial score (nSPS) is 10.8. The maximum atomic E-state index is 13.5.